The van der Waals surface area contributed by atoms with Crippen LogP contribution in [0.4, 0.5) is 17.6 Å². The van der Waals surface area contributed by atoms with Gasteiger partial charge in [-0.3, -0.25) is 5.10 Å². The summed E-state index contributed by atoms with van der Waals surface area (Å²) in [7, 11) is 0. The summed E-state index contributed by atoms with van der Waals surface area (Å²) in [6.45, 7) is 1.96. The molecule has 0 saturated heterocycles. The molecule has 28 heavy (non-hydrogen) atoms. The van der Waals surface area contributed by atoms with E-state index in [0.717, 1.165) is 35.3 Å². The van der Waals surface area contributed by atoms with Gasteiger partial charge >= 0.3 is 0 Å². The number of aromatic amines is 1. The summed E-state index contributed by atoms with van der Waals surface area (Å²) in [5, 5.41) is 24.9. The van der Waals surface area contributed by atoms with E-state index in [1.165, 1.54) is 24.2 Å². The Morgan fingerprint density at radius 1 is 1.21 bits per heavy atom. The normalized spacial score (nSPS) is 33.5. The number of nitrogens with one attached hydrogen (secondary N) is 3. The van der Waals surface area contributed by atoms with Crippen LogP contribution in [0.3, 0.4) is 0 Å². The zero-order valence-corrected chi connectivity index (χ0v) is 16.5. The number of nitrogens with zero attached hydrogens (tertiary/aromatic N) is 4. The van der Waals surface area contributed by atoms with Crippen molar-refractivity contribution >= 4 is 39.3 Å². The Morgan fingerprint density at radius 2 is 2.04 bits per heavy atom. The second-order valence-electron chi connectivity index (χ2n) is 8.83. The molecule has 3 aromatic rings. The quantitative estimate of drug-likeness (QED) is 0.535. The average molecular weight is 398 g/mol. The van der Waals surface area contributed by atoms with E-state index in [1.807, 2.05) is 13.0 Å². The van der Waals surface area contributed by atoms with Crippen molar-refractivity contribution in [1.29, 1.82) is 0 Å². The second-order valence-corrected chi connectivity index (χ2v) is 9.66. The van der Waals surface area contributed by atoms with E-state index in [-0.39, 0.29) is 0 Å². The summed E-state index contributed by atoms with van der Waals surface area (Å²) >= 11 is 1.51. The highest BCUT2D eigenvalue weighted by molar-refractivity contribution is 7.16. The lowest BCUT2D eigenvalue weighted by Crippen LogP contribution is -2.59. The number of aliphatic hydroxyl groups is 1. The first-order valence-corrected chi connectivity index (χ1v) is 10.8. The molecule has 2 atom stereocenters. The molecule has 8 nitrogen and oxygen atoms in total. The van der Waals surface area contributed by atoms with Crippen LogP contribution in [0.15, 0.2) is 11.6 Å². The van der Waals surface area contributed by atoms with Crippen LogP contribution in [-0.4, -0.2) is 41.9 Å². The van der Waals surface area contributed by atoms with Crippen molar-refractivity contribution in [2.75, 3.05) is 10.6 Å². The summed E-state index contributed by atoms with van der Waals surface area (Å²) in [4.78, 5) is 14.7. The number of H-pyrrole nitrogens is 1. The maximum Gasteiger partial charge on any atom is 0.226 e. The molecule has 4 aliphatic rings. The fraction of sp³-hybridized carbons (Fsp3) is 0.579. The largest absolute Gasteiger partial charge is 0.390 e. The Kier molecular flexibility index (Phi) is 3.49. The van der Waals surface area contributed by atoms with E-state index in [9.17, 15) is 5.11 Å². The fourth-order valence-corrected chi connectivity index (χ4v) is 6.54. The maximum absolute atomic E-state index is 10.8. The molecule has 4 saturated carbocycles. The number of hydrogen-bond donors (Lipinski definition) is 4. The first-order chi connectivity index (χ1) is 13.5. The van der Waals surface area contributed by atoms with Gasteiger partial charge in [-0.05, 0) is 56.8 Å². The fourth-order valence-electron chi connectivity index (χ4n) is 5.88. The Bertz CT molecular complexity index is 1030. The summed E-state index contributed by atoms with van der Waals surface area (Å²) in [5.74, 6) is 3.71. The number of thiazole rings is 1. The third-order valence-electron chi connectivity index (χ3n) is 6.69. The Balaban J connectivity index is 1.31. The van der Waals surface area contributed by atoms with Crippen molar-refractivity contribution in [3.63, 3.8) is 0 Å². The number of anilines is 3. The molecule has 4 N–H and O–H groups in total. The van der Waals surface area contributed by atoms with Crippen LogP contribution in [0.1, 0.15) is 37.8 Å². The average Bonchev–Trinajstić information content (AvgIpc) is 3.25. The third kappa shape index (κ3) is 2.68. The minimum absolute atomic E-state index is 0.336. The summed E-state index contributed by atoms with van der Waals surface area (Å²) in [5.41, 5.74) is 3.11. The van der Waals surface area contributed by atoms with Crippen LogP contribution in [-0.2, 0) is 0 Å². The zero-order chi connectivity index (χ0) is 18.9. The van der Waals surface area contributed by atoms with Gasteiger partial charge in [0.25, 0.3) is 0 Å². The SMILES string of the molecule is Cc1cc(Nc2nc(NC3C4CC5CC3CC(O)(C5)C4)nc3scnc23)n[nH]1. The Morgan fingerprint density at radius 3 is 2.75 bits per heavy atom. The first-order valence-electron chi connectivity index (χ1n) is 9.94. The van der Waals surface area contributed by atoms with Gasteiger partial charge in [0.2, 0.25) is 5.95 Å². The molecule has 4 aliphatic carbocycles. The standard InChI is InChI=1S/C19H23N7OS/c1-9-2-13(26-25-9)21-16-15-17(28-8-20-15)24-18(23-16)22-14-11-3-10-4-12(14)7-19(27,5-10)6-11/h2,8,10-12,14,27H,3-7H2,1H3,(H3,21,22,23,24,25,26). The van der Waals surface area contributed by atoms with Crippen molar-refractivity contribution < 1.29 is 5.11 Å². The van der Waals surface area contributed by atoms with Crippen molar-refractivity contribution in [1.82, 2.24) is 25.1 Å². The first kappa shape index (κ1) is 16.7. The molecule has 0 aromatic carbocycles. The van der Waals surface area contributed by atoms with Gasteiger partial charge in [0.15, 0.2) is 16.5 Å². The van der Waals surface area contributed by atoms with Crippen LogP contribution in [0.5, 0.6) is 0 Å². The molecule has 3 aromatic heterocycles. The molecule has 0 amide bonds. The van der Waals surface area contributed by atoms with Gasteiger partial charge < -0.3 is 15.7 Å². The lowest BCUT2D eigenvalue weighted by atomic mass is 9.52. The van der Waals surface area contributed by atoms with Gasteiger partial charge in [-0.15, -0.1) is 11.3 Å². The highest BCUT2D eigenvalue weighted by Crippen LogP contribution is 2.56. The van der Waals surface area contributed by atoms with Crippen LogP contribution < -0.4 is 10.6 Å². The third-order valence-corrected chi connectivity index (χ3v) is 7.41. The molecule has 146 valence electrons. The van der Waals surface area contributed by atoms with E-state index in [4.69, 9.17) is 9.97 Å². The van der Waals surface area contributed by atoms with Crippen LogP contribution in [0.2, 0.25) is 0 Å². The molecular formula is C19H23N7OS. The number of rotatable bonds is 4. The zero-order valence-electron chi connectivity index (χ0n) is 15.6. The van der Waals surface area contributed by atoms with Crippen LogP contribution >= 0.6 is 11.3 Å². The van der Waals surface area contributed by atoms with Gasteiger partial charge in [-0.1, -0.05) is 0 Å². The Labute approximate surface area is 166 Å². The smallest absolute Gasteiger partial charge is 0.226 e. The van der Waals surface area contributed by atoms with Crippen LogP contribution in [0, 0.1) is 24.7 Å². The molecule has 9 heteroatoms. The Hall–Kier alpha value is -2.26. The van der Waals surface area contributed by atoms with Gasteiger partial charge in [0.05, 0.1) is 11.1 Å². The number of aromatic nitrogens is 5. The highest BCUT2D eigenvalue weighted by Gasteiger charge is 2.54. The van der Waals surface area contributed by atoms with Crippen molar-refractivity contribution in [3.8, 4) is 0 Å². The number of hydrogen-bond acceptors (Lipinski definition) is 8. The summed E-state index contributed by atoms with van der Waals surface area (Å²) in [6.07, 6.45) is 5.21. The van der Waals surface area contributed by atoms with E-state index in [0.29, 0.717) is 41.4 Å². The summed E-state index contributed by atoms with van der Waals surface area (Å²) < 4.78 is 0. The number of aryl methyl sites for hydroxylation is 1. The summed E-state index contributed by atoms with van der Waals surface area (Å²) in [6, 6.07) is 2.27. The monoisotopic (exact) mass is 397 g/mol. The molecule has 4 bridgehead atoms. The molecule has 3 heterocycles. The van der Waals surface area contributed by atoms with Gasteiger partial charge in [-0.2, -0.15) is 10.1 Å². The molecule has 7 rings (SSSR count). The van der Waals surface area contributed by atoms with E-state index < -0.39 is 5.60 Å². The highest BCUT2D eigenvalue weighted by atomic mass is 32.1. The van der Waals surface area contributed by atoms with E-state index in [1.54, 1.807) is 5.51 Å². The van der Waals surface area contributed by atoms with Gasteiger partial charge in [0.1, 0.15) is 5.52 Å². The minimum Gasteiger partial charge on any atom is -0.390 e. The topological polar surface area (TPSA) is 112 Å². The lowest BCUT2D eigenvalue weighted by Gasteiger charge is -2.58. The molecular weight excluding hydrogens is 374 g/mol. The van der Waals surface area contributed by atoms with Gasteiger partial charge in [-0.25, -0.2) is 9.97 Å². The predicted molar refractivity (Wildman–Crippen MR) is 108 cm³/mol. The van der Waals surface area contributed by atoms with Crippen molar-refractivity contribution in [2.45, 2.75) is 50.7 Å². The number of fused-ring (bicyclic) bond motifs is 1. The van der Waals surface area contributed by atoms with E-state index in [2.05, 4.69) is 25.8 Å². The molecule has 0 radical (unpaired) electrons. The van der Waals surface area contributed by atoms with Crippen LogP contribution in [0.25, 0.3) is 10.3 Å². The lowest BCUT2D eigenvalue weighted by molar-refractivity contribution is -0.129. The predicted octanol–water partition coefficient (Wildman–Crippen LogP) is 3.21. The molecule has 2 unspecified atom stereocenters. The maximum atomic E-state index is 10.8. The van der Waals surface area contributed by atoms with Gasteiger partial charge in [0, 0.05) is 17.8 Å². The van der Waals surface area contributed by atoms with Crippen molar-refractivity contribution in [2.24, 2.45) is 17.8 Å². The second kappa shape index (κ2) is 5.87. The molecule has 0 aliphatic heterocycles. The van der Waals surface area contributed by atoms with Crippen molar-refractivity contribution in [3.05, 3.63) is 17.3 Å². The minimum atomic E-state index is -0.429. The molecule has 0 spiro atoms. The van der Waals surface area contributed by atoms with E-state index >= 15 is 0 Å². The molecule has 4 fully saturated rings.